The minimum Gasteiger partial charge on any atom is -0.492 e. The quantitative estimate of drug-likeness (QED) is 0.690. The van der Waals surface area contributed by atoms with Crippen molar-refractivity contribution in [1.82, 2.24) is 10.2 Å². The van der Waals surface area contributed by atoms with E-state index in [1.54, 1.807) is 60.5 Å². The van der Waals surface area contributed by atoms with Gasteiger partial charge in [-0.15, -0.1) is 0 Å². The smallest absolute Gasteiger partial charge is 0.253 e. The Morgan fingerprint density at radius 1 is 1.07 bits per heavy atom. The number of benzene rings is 2. The van der Waals surface area contributed by atoms with Gasteiger partial charge in [-0.05, 0) is 42.3 Å². The molecule has 150 valence electrons. The number of likely N-dealkylation sites (N-methyl/N-ethyl adjacent to an activating group) is 1. The molecule has 0 bridgehead atoms. The normalized spacial score (nSPS) is 11.8. The molecule has 2 aromatic rings. The molecular formula is C21H24Cl2N2O3. The second kappa shape index (κ2) is 10.3. The molecule has 0 spiro atoms. The van der Waals surface area contributed by atoms with E-state index in [-0.39, 0.29) is 17.7 Å². The molecule has 1 atom stereocenters. The Labute approximate surface area is 175 Å². The summed E-state index contributed by atoms with van der Waals surface area (Å²) in [7, 11) is 1.69. The Morgan fingerprint density at radius 3 is 2.32 bits per heavy atom. The van der Waals surface area contributed by atoms with Crippen molar-refractivity contribution in [3.63, 3.8) is 0 Å². The maximum absolute atomic E-state index is 12.8. The maximum Gasteiger partial charge on any atom is 0.253 e. The van der Waals surface area contributed by atoms with Crippen LogP contribution in [0.3, 0.4) is 0 Å². The van der Waals surface area contributed by atoms with Gasteiger partial charge in [0, 0.05) is 12.1 Å². The van der Waals surface area contributed by atoms with E-state index in [1.807, 2.05) is 13.8 Å². The van der Waals surface area contributed by atoms with Gasteiger partial charge in [0.1, 0.15) is 18.4 Å². The van der Waals surface area contributed by atoms with Crippen LogP contribution in [0.2, 0.25) is 10.0 Å². The lowest BCUT2D eigenvalue weighted by Crippen LogP contribution is -2.50. The number of rotatable bonds is 8. The molecule has 0 saturated carbocycles. The Kier molecular flexibility index (Phi) is 8.15. The minimum absolute atomic E-state index is 0.0847. The van der Waals surface area contributed by atoms with Crippen molar-refractivity contribution in [2.24, 2.45) is 5.92 Å². The zero-order chi connectivity index (χ0) is 20.7. The van der Waals surface area contributed by atoms with E-state index in [0.717, 1.165) is 0 Å². The van der Waals surface area contributed by atoms with Crippen LogP contribution in [0.1, 0.15) is 24.2 Å². The molecule has 1 N–H and O–H groups in total. The third-order valence-electron chi connectivity index (χ3n) is 4.22. The molecule has 1 unspecified atom stereocenters. The van der Waals surface area contributed by atoms with Gasteiger partial charge in [-0.1, -0.05) is 49.2 Å². The van der Waals surface area contributed by atoms with Crippen LogP contribution in [0.25, 0.3) is 0 Å². The summed E-state index contributed by atoms with van der Waals surface area (Å²) in [5.74, 6) is 0.0369. The lowest BCUT2D eigenvalue weighted by Gasteiger charge is -2.27. The molecule has 0 fully saturated rings. The van der Waals surface area contributed by atoms with E-state index in [1.165, 1.54) is 0 Å². The predicted molar refractivity (Wildman–Crippen MR) is 112 cm³/mol. The summed E-state index contributed by atoms with van der Waals surface area (Å²) in [6, 6.07) is 13.1. The molecule has 0 aliphatic rings. The third-order valence-corrected chi connectivity index (χ3v) is 4.80. The van der Waals surface area contributed by atoms with Crippen molar-refractivity contribution in [3.05, 3.63) is 64.1 Å². The van der Waals surface area contributed by atoms with Gasteiger partial charge in [0.05, 0.1) is 17.1 Å². The van der Waals surface area contributed by atoms with Gasteiger partial charge in [0.2, 0.25) is 5.91 Å². The van der Waals surface area contributed by atoms with Crippen LogP contribution in [0.4, 0.5) is 0 Å². The molecule has 0 heterocycles. The first-order valence-corrected chi connectivity index (χ1v) is 9.74. The number of hydrogen-bond donors (Lipinski definition) is 1. The molecule has 0 aliphatic carbocycles. The number of amides is 2. The fourth-order valence-corrected chi connectivity index (χ4v) is 2.90. The summed E-state index contributed by atoms with van der Waals surface area (Å²) < 4.78 is 5.63. The van der Waals surface area contributed by atoms with E-state index in [0.29, 0.717) is 34.5 Å². The lowest BCUT2D eigenvalue weighted by atomic mass is 10.0. The fraction of sp³-hybridized carbons (Fsp3) is 0.333. The Balaban J connectivity index is 1.94. The number of carbonyl (C=O) groups is 2. The van der Waals surface area contributed by atoms with Gasteiger partial charge >= 0.3 is 0 Å². The average Bonchev–Trinajstić information content (AvgIpc) is 2.67. The van der Waals surface area contributed by atoms with E-state index in [9.17, 15) is 9.59 Å². The van der Waals surface area contributed by atoms with Crippen molar-refractivity contribution in [2.45, 2.75) is 19.9 Å². The summed E-state index contributed by atoms with van der Waals surface area (Å²) >= 11 is 11.9. The number of carbonyl (C=O) groups excluding carboxylic acids is 2. The molecule has 2 amide bonds. The minimum atomic E-state index is -0.663. The SMILES string of the molecule is CC(C)C(NC(=O)c1ccccc1Cl)C(=O)N(C)CCOc1ccc(Cl)cc1. The summed E-state index contributed by atoms with van der Waals surface area (Å²) in [5.41, 5.74) is 0.344. The Morgan fingerprint density at radius 2 is 1.71 bits per heavy atom. The summed E-state index contributed by atoms with van der Waals surface area (Å²) in [6.45, 7) is 4.47. The number of hydrogen-bond acceptors (Lipinski definition) is 3. The zero-order valence-corrected chi connectivity index (χ0v) is 17.6. The number of nitrogens with one attached hydrogen (secondary N) is 1. The van der Waals surface area contributed by atoms with Crippen molar-refractivity contribution < 1.29 is 14.3 Å². The fourth-order valence-electron chi connectivity index (χ4n) is 2.56. The molecule has 0 radical (unpaired) electrons. The van der Waals surface area contributed by atoms with Crippen molar-refractivity contribution in [1.29, 1.82) is 0 Å². The summed E-state index contributed by atoms with van der Waals surface area (Å²) in [5, 5.41) is 3.78. The van der Waals surface area contributed by atoms with E-state index < -0.39 is 6.04 Å². The molecule has 7 heteroatoms. The first-order valence-electron chi connectivity index (χ1n) is 8.98. The number of halogens is 2. The van der Waals surface area contributed by atoms with Crippen LogP contribution < -0.4 is 10.1 Å². The summed E-state index contributed by atoms with van der Waals surface area (Å²) in [6.07, 6.45) is 0. The first-order chi connectivity index (χ1) is 13.3. The highest BCUT2D eigenvalue weighted by Gasteiger charge is 2.27. The second-order valence-corrected chi connectivity index (χ2v) is 7.58. The van der Waals surface area contributed by atoms with E-state index in [2.05, 4.69) is 5.32 Å². The van der Waals surface area contributed by atoms with Crippen molar-refractivity contribution >= 4 is 35.0 Å². The van der Waals surface area contributed by atoms with Crippen LogP contribution in [0.5, 0.6) is 5.75 Å². The third kappa shape index (κ3) is 6.14. The van der Waals surface area contributed by atoms with Crippen LogP contribution in [-0.4, -0.2) is 43.0 Å². The van der Waals surface area contributed by atoms with Gasteiger partial charge in [0.25, 0.3) is 5.91 Å². The predicted octanol–water partition coefficient (Wildman–Crippen LogP) is 4.29. The second-order valence-electron chi connectivity index (χ2n) is 6.74. The van der Waals surface area contributed by atoms with Crippen LogP contribution in [0, 0.1) is 5.92 Å². The molecule has 0 aromatic heterocycles. The van der Waals surface area contributed by atoms with Gasteiger partial charge in [-0.3, -0.25) is 9.59 Å². The lowest BCUT2D eigenvalue weighted by molar-refractivity contribution is -0.133. The van der Waals surface area contributed by atoms with Crippen LogP contribution in [0.15, 0.2) is 48.5 Å². The molecule has 0 aliphatic heterocycles. The monoisotopic (exact) mass is 422 g/mol. The average molecular weight is 423 g/mol. The molecule has 0 saturated heterocycles. The highest BCUT2D eigenvalue weighted by Crippen LogP contribution is 2.17. The first kappa shape index (κ1) is 22.1. The van der Waals surface area contributed by atoms with Crippen molar-refractivity contribution in [3.8, 4) is 5.75 Å². The Bertz CT molecular complexity index is 810. The van der Waals surface area contributed by atoms with E-state index >= 15 is 0 Å². The molecule has 28 heavy (non-hydrogen) atoms. The van der Waals surface area contributed by atoms with Gasteiger partial charge in [-0.2, -0.15) is 0 Å². The van der Waals surface area contributed by atoms with Crippen molar-refractivity contribution in [2.75, 3.05) is 20.2 Å². The van der Waals surface area contributed by atoms with Gasteiger partial charge < -0.3 is 15.0 Å². The Hall–Kier alpha value is -2.24. The number of ether oxygens (including phenoxy) is 1. The van der Waals surface area contributed by atoms with Crippen LogP contribution in [-0.2, 0) is 4.79 Å². The summed E-state index contributed by atoms with van der Waals surface area (Å²) in [4.78, 5) is 26.9. The number of nitrogens with zero attached hydrogens (tertiary/aromatic N) is 1. The van der Waals surface area contributed by atoms with Gasteiger partial charge in [0.15, 0.2) is 0 Å². The highest BCUT2D eigenvalue weighted by atomic mass is 35.5. The van der Waals surface area contributed by atoms with Gasteiger partial charge in [-0.25, -0.2) is 0 Å². The molecule has 2 rings (SSSR count). The molecule has 2 aromatic carbocycles. The maximum atomic E-state index is 12.8. The molecule has 5 nitrogen and oxygen atoms in total. The molecular weight excluding hydrogens is 399 g/mol. The largest absolute Gasteiger partial charge is 0.492 e. The highest BCUT2D eigenvalue weighted by molar-refractivity contribution is 6.33. The topological polar surface area (TPSA) is 58.6 Å². The standard InChI is InChI=1S/C21H24Cl2N2O3/c1-14(2)19(24-20(26)17-6-4-5-7-18(17)23)21(27)25(3)12-13-28-16-10-8-15(22)9-11-16/h4-11,14,19H,12-13H2,1-3H3,(H,24,26). The van der Waals surface area contributed by atoms with Crippen LogP contribution >= 0.6 is 23.2 Å². The zero-order valence-electron chi connectivity index (χ0n) is 16.1. The van der Waals surface area contributed by atoms with E-state index in [4.69, 9.17) is 27.9 Å².